The quantitative estimate of drug-likeness (QED) is 0.178. The third-order valence-corrected chi connectivity index (χ3v) is 12.3. The Kier molecular flexibility index (Phi) is 5.28. The van der Waals surface area contributed by atoms with E-state index in [4.69, 9.17) is 4.98 Å². The summed E-state index contributed by atoms with van der Waals surface area (Å²) in [5.41, 5.74) is 19.3. The molecular weight excluding hydrogens is 657 g/mol. The summed E-state index contributed by atoms with van der Waals surface area (Å²) >= 11 is 0. The standard InChI is InChI=1S/C50H30N4/c1-5-17-39-33(13-1)34-14-2-6-18-40(34)50(39)41-19-7-3-15-35(41)36-27-25-32(30-42(36)50)52-44-21-9-4-16-37(44)38-29-31(26-28-45(38)52)53-47-23-11-12-24-48(47)54-46-22-10-8-20-43(46)51-49(53)54/h1-30H. The summed E-state index contributed by atoms with van der Waals surface area (Å²) in [5, 5.41) is 2.44. The van der Waals surface area contributed by atoms with E-state index in [1.54, 1.807) is 0 Å². The summed E-state index contributed by atoms with van der Waals surface area (Å²) in [6, 6.07) is 67.0. The van der Waals surface area contributed by atoms with Crippen molar-refractivity contribution in [3.8, 4) is 33.6 Å². The molecule has 0 atom stereocenters. The summed E-state index contributed by atoms with van der Waals surface area (Å²) in [7, 11) is 0. The fraction of sp³-hybridized carbons (Fsp3) is 0.0200. The van der Waals surface area contributed by atoms with Crippen LogP contribution in [0.15, 0.2) is 182 Å². The molecule has 2 aliphatic rings. The molecule has 0 N–H and O–H groups in total. The molecule has 2 aliphatic carbocycles. The van der Waals surface area contributed by atoms with Crippen LogP contribution in [0.4, 0.5) is 0 Å². The molecule has 8 aromatic carbocycles. The molecule has 4 nitrogen and oxygen atoms in total. The van der Waals surface area contributed by atoms with Gasteiger partial charge < -0.3 is 4.57 Å². The van der Waals surface area contributed by atoms with Crippen LogP contribution < -0.4 is 0 Å². The molecule has 3 heterocycles. The molecule has 250 valence electrons. The van der Waals surface area contributed by atoms with Crippen LogP contribution in [-0.4, -0.2) is 18.5 Å². The third-order valence-electron chi connectivity index (χ3n) is 12.3. The number of benzene rings is 8. The molecule has 0 aliphatic heterocycles. The first-order valence-electron chi connectivity index (χ1n) is 18.6. The van der Waals surface area contributed by atoms with E-state index < -0.39 is 5.41 Å². The molecule has 0 fully saturated rings. The van der Waals surface area contributed by atoms with Crippen LogP contribution in [0.2, 0.25) is 0 Å². The Labute approximate surface area is 310 Å². The lowest BCUT2D eigenvalue weighted by atomic mass is 9.70. The van der Waals surface area contributed by atoms with Crippen molar-refractivity contribution in [2.24, 2.45) is 0 Å². The van der Waals surface area contributed by atoms with Gasteiger partial charge in [0, 0.05) is 22.1 Å². The molecule has 0 amide bonds. The van der Waals surface area contributed by atoms with E-state index in [1.807, 2.05) is 0 Å². The maximum absolute atomic E-state index is 5.16. The summed E-state index contributed by atoms with van der Waals surface area (Å²) in [4.78, 5) is 5.16. The number of aromatic nitrogens is 4. The molecule has 3 aromatic heterocycles. The Morgan fingerprint density at radius 3 is 1.59 bits per heavy atom. The number of fused-ring (bicyclic) bond motifs is 18. The summed E-state index contributed by atoms with van der Waals surface area (Å²) in [6.45, 7) is 0. The summed E-state index contributed by atoms with van der Waals surface area (Å²) in [6.07, 6.45) is 0. The minimum absolute atomic E-state index is 0.393. The molecule has 1 spiro atoms. The predicted octanol–water partition coefficient (Wildman–Crippen LogP) is 11.9. The van der Waals surface area contributed by atoms with Gasteiger partial charge in [-0.1, -0.05) is 121 Å². The third kappa shape index (κ3) is 3.33. The average molecular weight is 687 g/mol. The highest BCUT2D eigenvalue weighted by molar-refractivity contribution is 6.10. The van der Waals surface area contributed by atoms with Gasteiger partial charge in [-0.3, -0.25) is 8.97 Å². The van der Waals surface area contributed by atoms with E-state index in [0.29, 0.717) is 0 Å². The van der Waals surface area contributed by atoms with Gasteiger partial charge in [-0.2, -0.15) is 0 Å². The van der Waals surface area contributed by atoms with Crippen molar-refractivity contribution in [3.63, 3.8) is 0 Å². The Hall–Kier alpha value is -7.17. The fourth-order valence-corrected chi connectivity index (χ4v) is 10.2. The Morgan fingerprint density at radius 2 is 0.870 bits per heavy atom. The zero-order chi connectivity index (χ0) is 35.1. The van der Waals surface area contributed by atoms with Gasteiger partial charge in [0.1, 0.15) is 0 Å². The summed E-state index contributed by atoms with van der Waals surface area (Å²) < 4.78 is 7.06. The maximum atomic E-state index is 5.16. The van der Waals surface area contributed by atoms with E-state index in [9.17, 15) is 0 Å². The van der Waals surface area contributed by atoms with Crippen LogP contribution in [0.3, 0.4) is 0 Å². The zero-order valence-electron chi connectivity index (χ0n) is 29.1. The van der Waals surface area contributed by atoms with Gasteiger partial charge in [-0.25, -0.2) is 4.98 Å². The normalized spacial score (nSPS) is 13.7. The molecule has 0 unspecified atom stereocenters. The van der Waals surface area contributed by atoms with Crippen LogP contribution in [-0.2, 0) is 5.41 Å². The SMILES string of the molecule is c1ccc2c(c1)-c1ccccc1C21c2ccccc2-c2ccc(-n3c4ccccc4c4cc(-n5c6ccccc6n6c7ccccc7nc56)ccc43)cc21. The maximum Gasteiger partial charge on any atom is 0.220 e. The van der Waals surface area contributed by atoms with Crippen LogP contribution in [0.25, 0.3) is 83.3 Å². The second-order valence-electron chi connectivity index (χ2n) is 14.7. The molecule has 0 saturated heterocycles. The van der Waals surface area contributed by atoms with E-state index in [1.165, 1.54) is 66.3 Å². The van der Waals surface area contributed by atoms with Crippen LogP contribution in [0.1, 0.15) is 22.3 Å². The van der Waals surface area contributed by atoms with E-state index in [0.717, 1.165) is 39.2 Å². The first kappa shape index (κ1) is 28.4. The Morgan fingerprint density at radius 1 is 0.352 bits per heavy atom. The van der Waals surface area contributed by atoms with Crippen molar-refractivity contribution in [1.82, 2.24) is 18.5 Å². The molecule has 11 aromatic rings. The van der Waals surface area contributed by atoms with Gasteiger partial charge in [0.25, 0.3) is 0 Å². The molecule has 4 heteroatoms. The largest absolute Gasteiger partial charge is 0.309 e. The van der Waals surface area contributed by atoms with Crippen molar-refractivity contribution in [2.75, 3.05) is 0 Å². The number of hydrogen-bond donors (Lipinski definition) is 0. The van der Waals surface area contributed by atoms with Crippen molar-refractivity contribution in [2.45, 2.75) is 5.41 Å². The smallest absolute Gasteiger partial charge is 0.220 e. The first-order valence-corrected chi connectivity index (χ1v) is 18.6. The second kappa shape index (κ2) is 10.0. The van der Waals surface area contributed by atoms with Crippen molar-refractivity contribution in [1.29, 1.82) is 0 Å². The number of hydrogen-bond acceptors (Lipinski definition) is 1. The van der Waals surface area contributed by atoms with Crippen LogP contribution in [0, 0.1) is 0 Å². The Balaban J connectivity index is 1.08. The topological polar surface area (TPSA) is 27.2 Å². The predicted molar refractivity (Wildman–Crippen MR) is 220 cm³/mol. The number of para-hydroxylation sites is 5. The molecule has 0 radical (unpaired) electrons. The van der Waals surface area contributed by atoms with Gasteiger partial charge >= 0.3 is 0 Å². The molecular formula is C50H30N4. The van der Waals surface area contributed by atoms with Crippen LogP contribution in [0.5, 0.6) is 0 Å². The summed E-state index contributed by atoms with van der Waals surface area (Å²) in [5.74, 6) is 0.918. The fourth-order valence-electron chi connectivity index (χ4n) is 10.2. The molecule has 0 saturated carbocycles. The average Bonchev–Trinajstić information content (AvgIpc) is 4.01. The Bertz CT molecular complexity index is 3340. The lowest BCUT2D eigenvalue weighted by Crippen LogP contribution is -2.26. The monoisotopic (exact) mass is 686 g/mol. The van der Waals surface area contributed by atoms with Crippen LogP contribution >= 0.6 is 0 Å². The van der Waals surface area contributed by atoms with E-state index in [-0.39, 0.29) is 0 Å². The first-order chi connectivity index (χ1) is 26.8. The lowest BCUT2D eigenvalue weighted by Gasteiger charge is -2.30. The highest BCUT2D eigenvalue weighted by atomic mass is 15.2. The second-order valence-corrected chi connectivity index (χ2v) is 14.7. The minimum Gasteiger partial charge on any atom is -0.309 e. The highest BCUT2D eigenvalue weighted by Crippen LogP contribution is 2.63. The molecule has 54 heavy (non-hydrogen) atoms. The number of rotatable bonds is 2. The highest BCUT2D eigenvalue weighted by Gasteiger charge is 2.51. The van der Waals surface area contributed by atoms with Gasteiger partial charge in [0.05, 0.1) is 38.5 Å². The molecule has 0 bridgehead atoms. The van der Waals surface area contributed by atoms with Crippen molar-refractivity contribution in [3.05, 3.63) is 204 Å². The van der Waals surface area contributed by atoms with Crippen molar-refractivity contribution < 1.29 is 0 Å². The van der Waals surface area contributed by atoms with Gasteiger partial charge in [0.2, 0.25) is 5.78 Å². The van der Waals surface area contributed by atoms with Gasteiger partial charge in [-0.15, -0.1) is 0 Å². The van der Waals surface area contributed by atoms with E-state index in [2.05, 4.69) is 196 Å². The zero-order valence-corrected chi connectivity index (χ0v) is 29.1. The van der Waals surface area contributed by atoms with Gasteiger partial charge in [0.15, 0.2) is 0 Å². The lowest BCUT2D eigenvalue weighted by molar-refractivity contribution is 0.792. The van der Waals surface area contributed by atoms with Crippen molar-refractivity contribution >= 4 is 49.7 Å². The number of nitrogens with zero attached hydrogens (tertiary/aromatic N) is 4. The van der Waals surface area contributed by atoms with E-state index >= 15 is 0 Å². The molecule has 13 rings (SSSR count). The number of imidazole rings is 2. The van der Waals surface area contributed by atoms with Gasteiger partial charge in [-0.05, 0) is 105 Å². The minimum atomic E-state index is -0.393.